The molecule has 102 valence electrons. The Bertz CT molecular complexity index is 684. The number of carbonyl (C=O) groups is 1. The number of carboxylic acids is 1. The van der Waals surface area contributed by atoms with Gasteiger partial charge in [0.25, 0.3) is 0 Å². The van der Waals surface area contributed by atoms with E-state index in [9.17, 15) is 14.9 Å². The van der Waals surface area contributed by atoms with Crippen LogP contribution >= 0.6 is 0 Å². The van der Waals surface area contributed by atoms with E-state index in [0.717, 1.165) is 0 Å². The van der Waals surface area contributed by atoms with Crippen molar-refractivity contribution < 1.29 is 19.6 Å². The van der Waals surface area contributed by atoms with Crippen molar-refractivity contribution in [1.29, 1.82) is 0 Å². The Hall–Kier alpha value is -2.96. The maximum atomic E-state index is 11.0. The van der Waals surface area contributed by atoms with E-state index >= 15 is 0 Å². The van der Waals surface area contributed by atoms with E-state index in [2.05, 4.69) is 4.98 Å². The topological polar surface area (TPSA) is 103 Å². The van der Waals surface area contributed by atoms with Crippen molar-refractivity contribution in [2.24, 2.45) is 0 Å². The van der Waals surface area contributed by atoms with Gasteiger partial charge in [0.1, 0.15) is 5.75 Å². The van der Waals surface area contributed by atoms with Gasteiger partial charge in [-0.2, -0.15) is 0 Å². The molecule has 0 radical (unpaired) electrons. The highest BCUT2D eigenvalue weighted by Crippen LogP contribution is 2.33. The second-order valence-corrected chi connectivity index (χ2v) is 4.00. The molecule has 1 aromatic carbocycles. The summed E-state index contributed by atoms with van der Waals surface area (Å²) in [4.78, 5) is 25.0. The molecule has 0 saturated carbocycles. The first-order valence-electron chi connectivity index (χ1n) is 5.59. The van der Waals surface area contributed by atoms with E-state index in [4.69, 9.17) is 9.84 Å². The number of para-hydroxylation sites is 1. The molecule has 1 N–H and O–H groups in total. The quantitative estimate of drug-likeness (QED) is 0.679. The molecule has 20 heavy (non-hydrogen) atoms. The lowest BCUT2D eigenvalue weighted by atomic mass is 10.2. The Morgan fingerprint density at radius 1 is 1.40 bits per heavy atom. The van der Waals surface area contributed by atoms with Gasteiger partial charge in [-0.05, 0) is 19.1 Å². The number of aromatic carboxylic acids is 1. The predicted octanol–water partition coefficient (Wildman–Crippen LogP) is 2.79. The molecular weight excluding hydrogens is 264 g/mol. The van der Waals surface area contributed by atoms with Crippen molar-refractivity contribution in [3.8, 4) is 11.5 Å². The summed E-state index contributed by atoms with van der Waals surface area (Å²) in [6.45, 7) is 1.59. The molecule has 0 bridgehead atoms. The molecule has 0 saturated heterocycles. The fourth-order valence-corrected chi connectivity index (χ4v) is 1.67. The van der Waals surface area contributed by atoms with Crippen LogP contribution in [0.2, 0.25) is 0 Å². The molecule has 0 amide bonds. The van der Waals surface area contributed by atoms with E-state index in [1.807, 2.05) is 0 Å². The fourth-order valence-electron chi connectivity index (χ4n) is 1.67. The maximum Gasteiger partial charge on any atom is 0.337 e. The second kappa shape index (κ2) is 5.35. The number of ether oxygens (including phenoxy) is 1. The van der Waals surface area contributed by atoms with Crippen LogP contribution in [0.3, 0.4) is 0 Å². The van der Waals surface area contributed by atoms with Crippen LogP contribution in [-0.2, 0) is 0 Å². The largest absolute Gasteiger partial charge is 0.478 e. The van der Waals surface area contributed by atoms with Crippen LogP contribution in [0.1, 0.15) is 15.9 Å². The van der Waals surface area contributed by atoms with Crippen molar-refractivity contribution in [2.75, 3.05) is 0 Å². The molecule has 0 spiro atoms. The zero-order valence-electron chi connectivity index (χ0n) is 10.4. The molecule has 0 aliphatic rings. The van der Waals surface area contributed by atoms with Crippen LogP contribution in [0.15, 0.2) is 36.7 Å². The number of nitro benzene ring substituents is 1. The molecule has 2 aromatic rings. The van der Waals surface area contributed by atoms with Crippen LogP contribution in [0.25, 0.3) is 0 Å². The number of carboxylic acid groups (broad SMARTS) is 1. The van der Waals surface area contributed by atoms with Gasteiger partial charge in [-0.1, -0.05) is 12.1 Å². The number of benzene rings is 1. The molecule has 0 unspecified atom stereocenters. The predicted molar refractivity (Wildman–Crippen MR) is 69.1 cm³/mol. The Morgan fingerprint density at radius 2 is 2.15 bits per heavy atom. The van der Waals surface area contributed by atoms with Crippen molar-refractivity contribution in [2.45, 2.75) is 6.92 Å². The minimum Gasteiger partial charge on any atom is -0.478 e. The normalized spacial score (nSPS) is 10.1. The molecule has 0 atom stereocenters. The van der Waals surface area contributed by atoms with Crippen molar-refractivity contribution in [1.82, 2.24) is 4.98 Å². The lowest BCUT2D eigenvalue weighted by molar-refractivity contribution is -0.386. The third-order valence-corrected chi connectivity index (χ3v) is 2.57. The molecule has 1 heterocycles. The Kier molecular flexibility index (Phi) is 3.60. The number of rotatable bonds is 4. The van der Waals surface area contributed by atoms with Gasteiger partial charge in [-0.25, -0.2) is 4.79 Å². The Labute approximate surface area is 113 Å². The lowest BCUT2D eigenvalue weighted by Gasteiger charge is -2.07. The summed E-state index contributed by atoms with van der Waals surface area (Å²) in [5.41, 5.74) is 0.237. The SMILES string of the molecule is Cc1cccc(Oc2cncc(C(=O)O)c2)c1[N+](=O)[O-]. The number of aromatic nitrogens is 1. The maximum absolute atomic E-state index is 11.0. The number of nitrogens with zero attached hydrogens (tertiary/aromatic N) is 2. The number of pyridine rings is 1. The number of hydrogen-bond donors (Lipinski definition) is 1. The summed E-state index contributed by atoms with van der Waals surface area (Å²) in [6, 6.07) is 5.91. The molecule has 0 aliphatic heterocycles. The van der Waals surface area contributed by atoms with Crippen LogP contribution in [0.5, 0.6) is 11.5 Å². The third-order valence-electron chi connectivity index (χ3n) is 2.57. The number of aryl methyl sites for hydroxylation is 1. The molecule has 2 rings (SSSR count). The van der Waals surface area contributed by atoms with Crippen molar-refractivity contribution in [3.63, 3.8) is 0 Å². The van der Waals surface area contributed by atoms with Crippen molar-refractivity contribution in [3.05, 3.63) is 57.9 Å². The van der Waals surface area contributed by atoms with Crippen molar-refractivity contribution >= 4 is 11.7 Å². The highest BCUT2D eigenvalue weighted by Gasteiger charge is 2.19. The van der Waals surface area contributed by atoms with Gasteiger partial charge >= 0.3 is 11.7 Å². The molecule has 7 nitrogen and oxygen atoms in total. The first-order chi connectivity index (χ1) is 9.49. The van der Waals surface area contributed by atoms with E-state index in [-0.39, 0.29) is 22.7 Å². The van der Waals surface area contributed by atoms with Gasteiger partial charge in [0.05, 0.1) is 16.7 Å². The van der Waals surface area contributed by atoms with E-state index < -0.39 is 10.9 Å². The summed E-state index contributed by atoms with van der Waals surface area (Å²) in [6.07, 6.45) is 2.46. The fraction of sp³-hybridized carbons (Fsp3) is 0.0769. The number of hydrogen-bond acceptors (Lipinski definition) is 5. The van der Waals surface area contributed by atoms with Gasteiger partial charge in [0, 0.05) is 11.8 Å². The van der Waals surface area contributed by atoms with E-state index in [0.29, 0.717) is 5.56 Å². The smallest absolute Gasteiger partial charge is 0.337 e. The molecule has 1 aromatic heterocycles. The van der Waals surface area contributed by atoms with Crippen LogP contribution in [0.4, 0.5) is 5.69 Å². The molecule has 0 fully saturated rings. The first-order valence-corrected chi connectivity index (χ1v) is 5.59. The first kappa shape index (κ1) is 13.5. The van der Waals surface area contributed by atoms with Gasteiger partial charge < -0.3 is 9.84 Å². The number of nitro groups is 1. The summed E-state index contributed by atoms with van der Waals surface area (Å²) in [5.74, 6) is -0.986. The zero-order chi connectivity index (χ0) is 14.7. The Morgan fingerprint density at radius 3 is 2.80 bits per heavy atom. The molecule has 7 heteroatoms. The average molecular weight is 274 g/mol. The van der Waals surface area contributed by atoms with Gasteiger partial charge in [-0.15, -0.1) is 0 Å². The van der Waals surface area contributed by atoms with Crippen LogP contribution in [-0.4, -0.2) is 21.0 Å². The molecule has 0 aliphatic carbocycles. The minimum atomic E-state index is -1.15. The van der Waals surface area contributed by atoms with Gasteiger partial charge in [-0.3, -0.25) is 15.1 Å². The van der Waals surface area contributed by atoms with E-state index in [1.54, 1.807) is 19.1 Å². The molecular formula is C13H10N2O5. The highest BCUT2D eigenvalue weighted by molar-refractivity contribution is 5.87. The van der Waals surface area contributed by atoms with Crippen LogP contribution in [0, 0.1) is 17.0 Å². The highest BCUT2D eigenvalue weighted by atomic mass is 16.6. The average Bonchev–Trinajstić information content (AvgIpc) is 2.38. The monoisotopic (exact) mass is 274 g/mol. The summed E-state index contributed by atoms with van der Waals surface area (Å²) in [7, 11) is 0. The van der Waals surface area contributed by atoms with Gasteiger partial charge in [0.15, 0.2) is 0 Å². The minimum absolute atomic E-state index is 0.0411. The van der Waals surface area contributed by atoms with E-state index in [1.165, 1.54) is 24.5 Å². The Balaban J connectivity index is 2.40. The van der Waals surface area contributed by atoms with Gasteiger partial charge in [0.2, 0.25) is 5.75 Å². The third kappa shape index (κ3) is 2.72. The summed E-state index contributed by atoms with van der Waals surface area (Å²) >= 11 is 0. The van der Waals surface area contributed by atoms with Crippen LogP contribution < -0.4 is 4.74 Å². The lowest BCUT2D eigenvalue weighted by Crippen LogP contribution is -1.99. The summed E-state index contributed by atoms with van der Waals surface area (Å²) < 4.78 is 5.37. The zero-order valence-corrected chi connectivity index (χ0v) is 10.4. The summed E-state index contributed by atoms with van der Waals surface area (Å²) in [5, 5.41) is 19.9. The standard InChI is InChI=1S/C13H10N2O5/c1-8-3-2-4-11(12(8)15(18)19)20-10-5-9(13(16)17)6-14-7-10/h2-7H,1H3,(H,16,17). The second-order valence-electron chi connectivity index (χ2n) is 4.00.